The fourth-order valence-electron chi connectivity index (χ4n) is 2.50. The van der Waals surface area contributed by atoms with Gasteiger partial charge in [0.05, 0.1) is 30.8 Å². The van der Waals surface area contributed by atoms with Gasteiger partial charge in [-0.15, -0.1) is 0 Å². The van der Waals surface area contributed by atoms with E-state index in [-0.39, 0.29) is 13.2 Å². The van der Waals surface area contributed by atoms with Crippen LogP contribution in [-0.2, 0) is 23.8 Å². The lowest BCUT2D eigenvalue weighted by molar-refractivity contribution is -0.195. The topological polar surface area (TPSA) is 151 Å². The van der Waals surface area contributed by atoms with Crippen molar-refractivity contribution in [2.45, 2.75) is 51.2 Å². The van der Waals surface area contributed by atoms with Gasteiger partial charge in [0.25, 0.3) is 0 Å². The third kappa shape index (κ3) is 5.36. The molecule has 0 amide bonds. The number of azide groups is 1. The minimum Gasteiger partial charge on any atom is -0.463 e. The lowest BCUT2D eigenvalue weighted by Gasteiger charge is -2.43. The molecule has 0 aliphatic carbocycles. The summed E-state index contributed by atoms with van der Waals surface area (Å²) in [6.07, 6.45) is -4.33. The van der Waals surface area contributed by atoms with Crippen molar-refractivity contribution in [1.82, 2.24) is 0 Å². The molecule has 10 heteroatoms. The molecule has 0 aromatic carbocycles. The zero-order valence-corrected chi connectivity index (χ0v) is 13.2. The zero-order chi connectivity index (χ0) is 17.6. The Morgan fingerprint density at radius 3 is 2.52 bits per heavy atom. The molecule has 1 rings (SSSR count). The second kappa shape index (κ2) is 8.68. The van der Waals surface area contributed by atoms with E-state index in [0.29, 0.717) is 0 Å². The van der Waals surface area contributed by atoms with Crippen molar-refractivity contribution in [3.05, 3.63) is 10.4 Å². The van der Waals surface area contributed by atoms with Gasteiger partial charge in [-0.05, 0) is 12.5 Å². The number of carbonyl (C=O) groups excluding carboxylic acids is 2. The highest BCUT2D eigenvalue weighted by atomic mass is 16.6. The fraction of sp³-hybridized carbons (Fsp3) is 0.846. The maximum Gasteiger partial charge on any atom is 0.302 e. The predicted molar refractivity (Wildman–Crippen MR) is 76.0 cm³/mol. The Labute approximate surface area is 132 Å². The van der Waals surface area contributed by atoms with E-state index >= 15 is 0 Å². The maximum absolute atomic E-state index is 11.3. The Morgan fingerprint density at radius 2 is 2.04 bits per heavy atom. The highest BCUT2D eigenvalue weighted by Crippen LogP contribution is 2.31. The Morgan fingerprint density at radius 1 is 1.39 bits per heavy atom. The van der Waals surface area contributed by atoms with Gasteiger partial charge in [-0.25, -0.2) is 0 Å². The third-order valence-corrected chi connectivity index (χ3v) is 3.51. The van der Waals surface area contributed by atoms with Crippen molar-refractivity contribution in [3.63, 3.8) is 0 Å². The molecule has 2 N–H and O–H groups in total. The maximum atomic E-state index is 11.3. The van der Waals surface area contributed by atoms with Crippen molar-refractivity contribution < 1.29 is 34.0 Å². The Bertz CT molecular complexity index is 478. The summed E-state index contributed by atoms with van der Waals surface area (Å²) in [4.78, 5) is 25.0. The molecule has 0 aromatic heterocycles. The summed E-state index contributed by atoms with van der Waals surface area (Å²) in [6.45, 7) is 3.49. The Balaban J connectivity index is 3.10. The first-order valence-electron chi connectivity index (χ1n) is 7.10. The van der Waals surface area contributed by atoms with Crippen molar-refractivity contribution >= 4 is 11.9 Å². The van der Waals surface area contributed by atoms with Crippen molar-refractivity contribution in [3.8, 4) is 0 Å². The second-order valence-corrected chi connectivity index (χ2v) is 5.33. The minimum absolute atomic E-state index is 0.0725. The zero-order valence-electron chi connectivity index (χ0n) is 13.2. The van der Waals surface area contributed by atoms with E-state index in [1.54, 1.807) is 0 Å². The van der Waals surface area contributed by atoms with E-state index < -0.39 is 48.3 Å². The van der Waals surface area contributed by atoms with Crippen LogP contribution in [0, 0.1) is 5.92 Å². The summed E-state index contributed by atoms with van der Waals surface area (Å²) in [5, 5.41) is 23.5. The van der Waals surface area contributed by atoms with E-state index in [1.807, 2.05) is 0 Å². The number of rotatable bonds is 6. The summed E-state index contributed by atoms with van der Waals surface area (Å²) in [5.41, 5.74) is 8.63. The average molecular weight is 331 g/mol. The molecular weight excluding hydrogens is 310 g/mol. The highest BCUT2D eigenvalue weighted by Gasteiger charge is 2.47. The first kappa shape index (κ1) is 19.2. The molecule has 10 nitrogen and oxygen atoms in total. The van der Waals surface area contributed by atoms with Crippen molar-refractivity contribution in [2.24, 2.45) is 11.0 Å². The number of aliphatic hydroxyl groups is 2. The largest absolute Gasteiger partial charge is 0.463 e. The van der Waals surface area contributed by atoms with Gasteiger partial charge >= 0.3 is 11.9 Å². The molecule has 0 spiro atoms. The molecule has 1 heterocycles. The van der Waals surface area contributed by atoms with Crippen LogP contribution in [-0.4, -0.2) is 65.8 Å². The SMILES string of the molecule is CC(=O)OCC1OCC(N=[N+]=[N-])[C@H](OC(C)=O)[C@@H]1C(O)C(C)O. The first-order chi connectivity index (χ1) is 10.8. The number of nitrogens with zero attached hydrogens (tertiary/aromatic N) is 3. The Hall–Kier alpha value is -1.87. The lowest BCUT2D eigenvalue weighted by Crippen LogP contribution is -2.57. The fourth-order valence-corrected chi connectivity index (χ4v) is 2.50. The smallest absolute Gasteiger partial charge is 0.302 e. The molecule has 1 saturated heterocycles. The van der Waals surface area contributed by atoms with Crippen molar-refractivity contribution in [2.75, 3.05) is 13.2 Å². The monoisotopic (exact) mass is 331 g/mol. The first-order valence-corrected chi connectivity index (χ1v) is 7.10. The minimum atomic E-state index is -1.34. The van der Waals surface area contributed by atoms with Gasteiger partial charge < -0.3 is 24.4 Å². The van der Waals surface area contributed by atoms with Crippen molar-refractivity contribution in [1.29, 1.82) is 0 Å². The van der Waals surface area contributed by atoms with Crippen LogP contribution in [0.5, 0.6) is 0 Å². The molecule has 0 radical (unpaired) electrons. The van der Waals surface area contributed by atoms with E-state index in [4.69, 9.17) is 19.7 Å². The van der Waals surface area contributed by atoms with Gasteiger partial charge in [0.1, 0.15) is 18.8 Å². The summed E-state index contributed by atoms with van der Waals surface area (Å²) in [7, 11) is 0. The van der Waals surface area contributed by atoms with Gasteiger partial charge in [0.15, 0.2) is 0 Å². The van der Waals surface area contributed by atoms with Crippen LogP contribution >= 0.6 is 0 Å². The molecule has 23 heavy (non-hydrogen) atoms. The number of aliphatic hydroxyl groups excluding tert-OH is 2. The molecule has 1 fully saturated rings. The number of hydrogen-bond acceptors (Lipinski definition) is 8. The standard InChI is InChI=1S/C13H21N3O7/c1-6(17)12(20)11-10(5-21-7(2)18)22-4-9(15-16-14)13(11)23-8(3)19/h6,9-13,17,20H,4-5H2,1-3H3/t6?,9?,10?,11-,12?,13-/m0/s1. The van der Waals surface area contributed by atoms with Crippen LogP contribution in [0.1, 0.15) is 20.8 Å². The molecule has 6 atom stereocenters. The van der Waals surface area contributed by atoms with Gasteiger partial charge in [0.2, 0.25) is 0 Å². The molecule has 130 valence electrons. The lowest BCUT2D eigenvalue weighted by atomic mass is 9.82. The number of carbonyl (C=O) groups is 2. The Kier molecular flexibility index (Phi) is 7.24. The highest BCUT2D eigenvalue weighted by molar-refractivity contribution is 5.66. The van der Waals surface area contributed by atoms with E-state index in [2.05, 4.69) is 10.0 Å². The van der Waals surface area contributed by atoms with Gasteiger partial charge in [-0.2, -0.15) is 0 Å². The molecule has 0 aromatic rings. The van der Waals surface area contributed by atoms with E-state index in [9.17, 15) is 19.8 Å². The third-order valence-electron chi connectivity index (χ3n) is 3.51. The van der Waals surface area contributed by atoms with Gasteiger partial charge in [-0.3, -0.25) is 9.59 Å². The van der Waals surface area contributed by atoms with E-state index in [0.717, 1.165) is 0 Å². The van der Waals surface area contributed by atoms with E-state index in [1.165, 1.54) is 20.8 Å². The van der Waals surface area contributed by atoms with Crippen LogP contribution in [0.15, 0.2) is 5.11 Å². The molecule has 0 bridgehead atoms. The average Bonchev–Trinajstić information content (AvgIpc) is 2.45. The number of esters is 2. The van der Waals surface area contributed by atoms with Crippen LogP contribution in [0.2, 0.25) is 0 Å². The molecule has 0 saturated carbocycles. The quantitative estimate of drug-likeness (QED) is 0.299. The van der Waals surface area contributed by atoms with Gasteiger partial charge in [0, 0.05) is 18.8 Å². The summed E-state index contributed by atoms with van der Waals surface area (Å²) >= 11 is 0. The molecule has 4 unspecified atom stereocenters. The summed E-state index contributed by atoms with van der Waals surface area (Å²) in [6, 6.07) is -0.865. The van der Waals surface area contributed by atoms with Gasteiger partial charge in [-0.1, -0.05) is 5.11 Å². The number of hydrogen-bond donors (Lipinski definition) is 2. The van der Waals surface area contributed by atoms with Crippen LogP contribution in [0.4, 0.5) is 0 Å². The van der Waals surface area contributed by atoms with Crippen LogP contribution < -0.4 is 0 Å². The summed E-state index contributed by atoms with van der Waals surface area (Å²) < 4.78 is 15.6. The summed E-state index contributed by atoms with van der Waals surface area (Å²) in [5.74, 6) is -2.10. The normalized spacial score (nSPS) is 29.8. The van der Waals surface area contributed by atoms with Crippen LogP contribution in [0.3, 0.4) is 0 Å². The molecular formula is C13H21N3O7. The predicted octanol–water partition coefficient (Wildman–Crippen LogP) is -0.0832. The number of ether oxygens (including phenoxy) is 3. The molecule has 1 aliphatic heterocycles. The van der Waals surface area contributed by atoms with Crippen LogP contribution in [0.25, 0.3) is 10.4 Å². The molecule has 1 aliphatic rings. The second-order valence-electron chi connectivity index (χ2n) is 5.33.